The highest BCUT2D eigenvalue weighted by molar-refractivity contribution is 5.94. The average molecular weight is 222 g/mol. The van der Waals surface area contributed by atoms with Crippen LogP contribution in [0.25, 0.3) is 0 Å². The molecule has 0 spiro atoms. The average Bonchev–Trinajstić information content (AvgIpc) is 2.65. The molecule has 2 heterocycles. The highest BCUT2D eigenvalue weighted by Gasteiger charge is 2.34. The minimum Gasteiger partial charge on any atom is -0.316 e. The number of piperidine rings is 1. The second kappa shape index (κ2) is 4.25. The number of carbonyl (C=O) groups excluding carboxylic acids is 1. The summed E-state index contributed by atoms with van der Waals surface area (Å²) in [4.78, 5) is 12.1. The Morgan fingerprint density at radius 3 is 3.06 bits per heavy atom. The van der Waals surface area contributed by atoms with E-state index < -0.39 is 0 Å². The molecule has 1 saturated heterocycles. The Labute approximate surface area is 95.2 Å². The molecule has 1 amide bonds. The van der Waals surface area contributed by atoms with Crippen LogP contribution in [-0.2, 0) is 11.8 Å². The van der Waals surface area contributed by atoms with E-state index in [0.717, 1.165) is 25.9 Å². The molecule has 5 nitrogen and oxygen atoms in total. The molecule has 16 heavy (non-hydrogen) atoms. The molecule has 1 aliphatic heterocycles. The fraction of sp³-hybridized carbons (Fsp3) is 0.636. The smallest absolute Gasteiger partial charge is 0.232 e. The van der Waals surface area contributed by atoms with Gasteiger partial charge in [-0.25, -0.2) is 0 Å². The SMILES string of the molecule is Cn1ccc(NC(=O)C2(C)CCCNC2)n1. The Balaban J connectivity index is 2.01. The Kier molecular flexibility index (Phi) is 2.96. The van der Waals surface area contributed by atoms with Crippen molar-refractivity contribution in [2.24, 2.45) is 12.5 Å². The Morgan fingerprint density at radius 1 is 1.69 bits per heavy atom. The van der Waals surface area contributed by atoms with Gasteiger partial charge in [-0.1, -0.05) is 0 Å². The maximum Gasteiger partial charge on any atom is 0.232 e. The van der Waals surface area contributed by atoms with Crippen molar-refractivity contribution < 1.29 is 4.79 Å². The first-order chi connectivity index (χ1) is 7.60. The lowest BCUT2D eigenvalue weighted by Crippen LogP contribution is -2.46. The third kappa shape index (κ3) is 2.24. The van der Waals surface area contributed by atoms with E-state index in [1.807, 2.05) is 20.2 Å². The van der Waals surface area contributed by atoms with Crippen LogP contribution in [0.15, 0.2) is 12.3 Å². The molecule has 0 bridgehead atoms. The van der Waals surface area contributed by atoms with Gasteiger partial charge in [0.25, 0.3) is 0 Å². The van der Waals surface area contributed by atoms with Gasteiger partial charge >= 0.3 is 0 Å². The van der Waals surface area contributed by atoms with Gasteiger partial charge in [0.05, 0.1) is 5.41 Å². The summed E-state index contributed by atoms with van der Waals surface area (Å²) in [5.41, 5.74) is -0.310. The summed E-state index contributed by atoms with van der Waals surface area (Å²) < 4.78 is 1.68. The van der Waals surface area contributed by atoms with Crippen molar-refractivity contribution in [2.75, 3.05) is 18.4 Å². The van der Waals surface area contributed by atoms with Crippen LogP contribution in [0.3, 0.4) is 0 Å². The van der Waals surface area contributed by atoms with Gasteiger partial charge in [-0.2, -0.15) is 5.10 Å². The van der Waals surface area contributed by atoms with Gasteiger partial charge in [-0.3, -0.25) is 9.48 Å². The molecule has 1 unspecified atom stereocenters. The molecule has 0 saturated carbocycles. The highest BCUT2D eigenvalue weighted by Crippen LogP contribution is 2.26. The van der Waals surface area contributed by atoms with Crippen LogP contribution in [0, 0.1) is 5.41 Å². The summed E-state index contributed by atoms with van der Waals surface area (Å²) >= 11 is 0. The molecule has 0 radical (unpaired) electrons. The van der Waals surface area contributed by atoms with E-state index in [1.165, 1.54) is 0 Å². The third-order valence-corrected chi connectivity index (χ3v) is 3.10. The number of anilines is 1. The van der Waals surface area contributed by atoms with Gasteiger partial charge in [0.15, 0.2) is 5.82 Å². The van der Waals surface area contributed by atoms with Gasteiger partial charge in [0.2, 0.25) is 5.91 Å². The maximum atomic E-state index is 12.1. The summed E-state index contributed by atoms with van der Waals surface area (Å²) in [6, 6.07) is 1.80. The number of carbonyl (C=O) groups is 1. The molecule has 1 fully saturated rings. The molecule has 2 rings (SSSR count). The number of amides is 1. The number of nitrogens with zero attached hydrogens (tertiary/aromatic N) is 2. The number of hydrogen-bond acceptors (Lipinski definition) is 3. The van der Waals surface area contributed by atoms with Crippen molar-refractivity contribution in [3.63, 3.8) is 0 Å². The van der Waals surface area contributed by atoms with E-state index in [2.05, 4.69) is 15.7 Å². The Morgan fingerprint density at radius 2 is 2.50 bits per heavy atom. The lowest BCUT2D eigenvalue weighted by atomic mass is 9.82. The van der Waals surface area contributed by atoms with Crippen molar-refractivity contribution >= 4 is 11.7 Å². The fourth-order valence-electron chi connectivity index (χ4n) is 2.00. The minimum absolute atomic E-state index is 0.0541. The van der Waals surface area contributed by atoms with Crippen molar-refractivity contribution in [1.82, 2.24) is 15.1 Å². The second-order valence-electron chi connectivity index (χ2n) is 4.67. The lowest BCUT2D eigenvalue weighted by Gasteiger charge is -2.32. The molecular weight excluding hydrogens is 204 g/mol. The number of nitrogens with one attached hydrogen (secondary N) is 2. The first-order valence-electron chi connectivity index (χ1n) is 5.62. The minimum atomic E-state index is -0.310. The van der Waals surface area contributed by atoms with Crippen molar-refractivity contribution in [1.29, 1.82) is 0 Å². The molecule has 1 atom stereocenters. The van der Waals surface area contributed by atoms with Crippen LogP contribution < -0.4 is 10.6 Å². The molecule has 0 aliphatic carbocycles. The highest BCUT2D eigenvalue weighted by atomic mass is 16.2. The van der Waals surface area contributed by atoms with Crippen LogP contribution >= 0.6 is 0 Å². The van der Waals surface area contributed by atoms with Gasteiger partial charge in [0.1, 0.15) is 0 Å². The van der Waals surface area contributed by atoms with E-state index in [-0.39, 0.29) is 11.3 Å². The number of hydrogen-bond donors (Lipinski definition) is 2. The predicted molar refractivity (Wildman–Crippen MR) is 62.0 cm³/mol. The zero-order chi connectivity index (χ0) is 11.6. The van der Waals surface area contributed by atoms with Crippen LogP contribution in [0.5, 0.6) is 0 Å². The molecule has 1 aliphatic rings. The predicted octanol–water partition coefficient (Wildman–Crippen LogP) is 0.748. The summed E-state index contributed by atoms with van der Waals surface area (Å²) in [5, 5.41) is 10.3. The number of aryl methyl sites for hydroxylation is 1. The largest absolute Gasteiger partial charge is 0.316 e. The summed E-state index contributed by atoms with van der Waals surface area (Å²) in [7, 11) is 1.83. The monoisotopic (exact) mass is 222 g/mol. The molecule has 2 N–H and O–H groups in total. The van der Waals surface area contributed by atoms with E-state index in [4.69, 9.17) is 0 Å². The van der Waals surface area contributed by atoms with Gasteiger partial charge < -0.3 is 10.6 Å². The normalized spacial score (nSPS) is 25.4. The van der Waals surface area contributed by atoms with Gasteiger partial charge in [0, 0.05) is 25.9 Å². The zero-order valence-electron chi connectivity index (χ0n) is 9.79. The molecule has 1 aromatic rings. The quantitative estimate of drug-likeness (QED) is 0.776. The van der Waals surface area contributed by atoms with E-state index in [9.17, 15) is 4.79 Å². The van der Waals surface area contributed by atoms with Gasteiger partial charge in [-0.05, 0) is 26.3 Å². The first-order valence-corrected chi connectivity index (χ1v) is 5.62. The summed E-state index contributed by atoms with van der Waals surface area (Å²) in [5.74, 6) is 0.678. The molecule has 5 heteroatoms. The Hall–Kier alpha value is -1.36. The number of aromatic nitrogens is 2. The molecule has 88 valence electrons. The fourth-order valence-corrected chi connectivity index (χ4v) is 2.00. The van der Waals surface area contributed by atoms with E-state index in [1.54, 1.807) is 10.7 Å². The van der Waals surface area contributed by atoms with Crippen molar-refractivity contribution in [3.05, 3.63) is 12.3 Å². The van der Waals surface area contributed by atoms with Crippen LogP contribution in [0.2, 0.25) is 0 Å². The zero-order valence-corrected chi connectivity index (χ0v) is 9.79. The van der Waals surface area contributed by atoms with E-state index >= 15 is 0 Å². The van der Waals surface area contributed by atoms with Crippen molar-refractivity contribution in [3.8, 4) is 0 Å². The van der Waals surface area contributed by atoms with Crippen LogP contribution in [0.4, 0.5) is 5.82 Å². The maximum absolute atomic E-state index is 12.1. The third-order valence-electron chi connectivity index (χ3n) is 3.10. The summed E-state index contributed by atoms with van der Waals surface area (Å²) in [6.45, 7) is 3.75. The topological polar surface area (TPSA) is 59.0 Å². The molecular formula is C11H18N4O. The second-order valence-corrected chi connectivity index (χ2v) is 4.67. The van der Waals surface area contributed by atoms with Gasteiger partial charge in [-0.15, -0.1) is 0 Å². The standard InChI is InChI=1S/C11H18N4O/c1-11(5-3-6-12-8-11)10(16)13-9-4-7-15(2)14-9/h4,7,12H,3,5-6,8H2,1-2H3,(H,13,14,16). The van der Waals surface area contributed by atoms with E-state index in [0.29, 0.717) is 5.82 Å². The first kappa shape index (κ1) is 11.1. The molecule has 0 aromatic carbocycles. The molecule has 1 aromatic heterocycles. The summed E-state index contributed by atoms with van der Waals surface area (Å²) in [6.07, 6.45) is 3.79. The van der Waals surface area contributed by atoms with Crippen molar-refractivity contribution in [2.45, 2.75) is 19.8 Å². The Bertz CT molecular complexity index is 379. The van der Waals surface area contributed by atoms with Crippen LogP contribution in [0.1, 0.15) is 19.8 Å². The number of rotatable bonds is 2. The lowest BCUT2D eigenvalue weighted by molar-refractivity contribution is -0.125. The van der Waals surface area contributed by atoms with Crippen LogP contribution in [-0.4, -0.2) is 28.8 Å².